The Hall–Kier alpha value is -1.98. The summed E-state index contributed by atoms with van der Waals surface area (Å²) in [7, 11) is 0. The van der Waals surface area contributed by atoms with Gasteiger partial charge in [0.25, 0.3) is 0 Å². The van der Waals surface area contributed by atoms with Crippen molar-refractivity contribution >= 4 is 11.8 Å². The number of aliphatic hydroxyl groups excluding tert-OH is 1. The van der Waals surface area contributed by atoms with Crippen LogP contribution in [0.1, 0.15) is 11.1 Å². The average molecular weight is 279 g/mol. The lowest BCUT2D eigenvalue weighted by Crippen LogP contribution is -2.05. The van der Waals surface area contributed by atoms with Gasteiger partial charge >= 0.3 is 0 Å². The summed E-state index contributed by atoms with van der Waals surface area (Å²) in [5.74, 6) is -0.0119. The Morgan fingerprint density at radius 2 is 2.32 bits per heavy atom. The molecular formula is C11H10FN5OS. The monoisotopic (exact) mass is 279 g/mol. The van der Waals surface area contributed by atoms with Crippen molar-refractivity contribution in [2.24, 2.45) is 0 Å². The Bertz CT molecular complexity index is 609. The number of nitriles is 1. The SMILES string of the molecule is N#Cc1cc(CSc2nnnn2CCO)ccc1F. The highest BCUT2D eigenvalue weighted by Gasteiger charge is 2.08. The van der Waals surface area contributed by atoms with Crippen LogP contribution in [0.3, 0.4) is 0 Å². The molecule has 2 rings (SSSR count). The Kier molecular flexibility index (Phi) is 4.43. The highest BCUT2D eigenvalue weighted by molar-refractivity contribution is 7.98. The number of thioether (sulfide) groups is 1. The number of hydrogen-bond donors (Lipinski definition) is 1. The number of tetrazole rings is 1. The third-order valence-electron chi connectivity index (χ3n) is 2.33. The number of halogens is 1. The molecule has 0 aliphatic heterocycles. The van der Waals surface area contributed by atoms with Crippen LogP contribution in [0, 0.1) is 17.1 Å². The summed E-state index contributed by atoms with van der Waals surface area (Å²) in [5.41, 5.74) is 0.828. The maximum absolute atomic E-state index is 13.2. The average Bonchev–Trinajstić information content (AvgIpc) is 2.86. The van der Waals surface area contributed by atoms with E-state index in [4.69, 9.17) is 10.4 Å². The van der Waals surface area contributed by atoms with E-state index in [-0.39, 0.29) is 12.2 Å². The van der Waals surface area contributed by atoms with E-state index in [1.807, 2.05) is 0 Å². The first kappa shape index (κ1) is 13.5. The maximum Gasteiger partial charge on any atom is 0.209 e. The van der Waals surface area contributed by atoms with Gasteiger partial charge in [-0.3, -0.25) is 0 Å². The fraction of sp³-hybridized carbons (Fsp3) is 0.273. The Labute approximate surface area is 112 Å². The fourth-order valence-corrected chi connectivity index (χ4v) is 2.28. The third kappa shape index (κ3) is 3.27. The summed E-state index contributed by atoms with van der Waals surface area (Å²) >= 11 is 1.36. The van der Waals surface area contributed by atoms with Gasteiger partial charge in [0.15, 0.2) is 0 Å². The molecule has 0 fully saturated rings. The molecule has 0 aliphatic rings. The van der Waals surface area contributed by atoms with Crippen molar-refractivity contribution in [3.05, 3.63) is 35.1 Å². The summed E-state index contributed by atoms with van der Waals surface area (Å²) < 4.78 is 14.6. The molecule has 0 saturated heterocycles. The molecule has 0 saturated carbocycles. The molecule has 0 aliphatic carbocycles. The molecule has 1 aromatic carbocycles. The molecule has 0 spiro atoms. The largest absolute Gasteiger partial charge is 0.394 e. The van der Waals surface area contributed by atoms with Gasteiger partial charge in [0.1, 0.15) is 11.9 Å². The quantitative estimate of drug-likeness (QED) is 0.820. The van der Waals surface area contributed by atoms with Crippen LogP contribution in [0.15, 0.2) is 23.4 Å². The van der Waals surface area contributed by atoms with Crippen molar-refractivity contribution in [3.63, 3.8) is 0 Å². The highest BCUT2D eigenvalue weighted by atomic mass is 32.2. The van der Waals surface area contributed by atoms with Crippen LogP contribution in [0.2, 0.25) is 0 Å². The second-order valence-corrected chi connectivity index (χ2v) is 4.57. The van der Waals surface area contributed by atoms with Crippen molar-refractivity contribution in [2.75, 3.05) is 6.61 Å². The predicted octanol–water partition coefficient (Wildman–Crippen LogP) is 0.968. The topological polar surface area (TPSA) is 87.6 Å². The van der Waals surface area contributed by atoms with Gasteiger partial charge in [-0.05, 0) is 28.1 Å². The Balaban J connectivity index is 2.06. The molecule has 1 N–H and O–H groups in total. The van der Waals surface area contributed by atoms with E-state index in [9.17, 15) is 4.39 Å². The normalized spacial score (nSPS) is 10.4. The van der Waals surface area contributed by atoms with Crippen molar-refractivity contribution in [1.82, 2.24) is 20.2 Å². The van der Waals surface area contributed by atoms with E-state index in [1.54, 1.807) is 12.1 Å². The molecule has 0 atom stereocenters. The van der Waals surface area contributed by atoms with Crippen LogP contribution in [0.25, 0.3) is 0 Å². The molecule has 8 heteroatoms. The van der Waals surface area contributed by atoms with E-state index in [2.05, 4.69) is 15.5 Å². The zero-order valence-electron chi connectivity index (χ0n) is 9.82. The summed E-state index contributed by atoms with van der Waals surface area (Å²) in [4.78, 5) is 0. The molecule has 1 aromatic heterocycles. The molecule has 2 aromatic rings. The number of hydrogen-bond acceptors (Lipinski definition) is 6. The standard InChI is InChI=1S/C11H10FN5OS/c12-10-2-1-8(5-9(10)6-13)7-19-11-14-15-16-17(11)3-4-18/h1-2,5,18H,3-4,7H2. The molecule has 98 valence electrons. The molecule has 6 nitrogen and oxygen atoms in total. The van der Waals surface area contributed by atoms with Crippen molar-refractivity contribution in [1.29, 1.82) is 5.26 Å². The fourth-order valence-electron chi connectivity index (χ4n) is 1.43. The molecule has 19 heavy (non-hydrogen) atoms. The van der Waals surface area contributed by atoms with E-state index < -0.39 is 5.82 Å². The summed E-state index contributed by atoms with van der Waals surface area (Å²) in [6.07, 6.45) is 0. The summed E-state index contributed by atoms with van der Waals surface area (Å²) in [6.45, 7) is 0.274. The maximum atomic E-state index is 13.2. The smallest absolute Gasteiger partial charge is 0.209 e. The molecular weight excluding hydrogens is 269 g/mol. The number of benzene rings is 1. The van der Waals surface area contributed by atoms with Gasteiger partial charge in [-0.2, -0.15) is 5.26 Å². The van der Waals surface area contributed by atoms with Gasteiger partial charge in [0.2, 0.25) is 5.16 Å². The Morgan fingerprint density at radius 3 is 3.05 bits per heavy atom. The van der Waals surface area contributed by atoms with Gasteiger partial charge in [-0.25, -0.2) is 9.07 Å². The third-order valence-corrected chi connectivity index (χ3v) is 3.36. The van der Waals surface area contributed by atoms with Crippen LogP contribution < -0.4 is 0 Å². The van der Waals surface area contributed by atoms with Crippen LogP contribution in [0.4, 0.5) is 4.39 Å². The molecule has 0 bridgehead atoms. The van der Waals surface area contributed by atoms with Gasteiger partial charge in [0, 0.05) is 5.75 Å². The predicted molar refractivity (Wildman–Crippen MR) is 65.6 cm³/mol. The minimum Gasteiger partial charge on any atom is -0.394 e. The number of rotatable bonds is 5. The zero-order valence-corrected chi connectivity index (χ0v) is 10.6. The minimum absolute atomic E-state index is 0.0213. The first-order valence-electron chi connectivity index (χ1n) is 5.43. The zero-order chi connectivity index (χ0) is 13.7. The number of nitrogens with zero attached hydrogens (tertiary/aromatic N) is 5. The lowest BCUT2D eigenvalue weighted by Gasteiger charge is -2.03. The van der Waals surface area contributed by atoms with Gasteiger partial charge < -0.3 is 5.11 Å². The van der Waals surface area contributed by atoms with Crippen LogP contribution in [0.5, 0.6) is 0 Å². The van der Waals surface area contributed by atoms with Gasteiger partial charge in [-0.15, -0.1) is 5.10 Å². The van der Waals surface area contributed by atoms with E-state index in [1.165, 1.54) is 28.6 Å². The lowest BCUT2D eigenvalue weighted by atomic mass is 10.1. The van der Waals surface area contributed by atoms with E-state index in [0.29, 0.717) is 17.5 Å². The number of aliphatic hydroxyl groups is 1. The first-order valence-corrected chi connectivity index (χ1v) is 6.41. The van der Waals surface area contributed by atoms with Crippen molar-refractivity contribution in [3.8, 4) is 6.07 Å². The molecule has 1 heterocycles. The van der Waals surface area contributed by atoms with Crippen LogP contribution in [-0.2, 0) is 12.3 Å². The van der Waals surface area contributed by atoms with Crippen LogP contribution >= 0.6 is 11.8 Å². The molecule has 0 amide bonds. The molecule has 0 unspecified atom stereocenters. The van der Waals surface area contributed by atoms with Crippen molar-refractivity contribution < 1.29 is 9.50 Å². The molecule has 0 radical (unpaired) electrons. The van der Waals surface area contributed by atoms with Crippen LogP contribution in [-0.4, -0.2) is 31.9 Å². The summed E-state index contributed by atoms with van der Waals surface area (Å²) in [6, 6.07) is 6.18. The minimum atomic E-state index is -0.527. The first-order chi connectivity index (χ1) is 9.24. The Morgan fingerprint density at radius 1 is 1.47 bits per heavy atom. The van der Waals surface area contributed by atoms with E-state index >= 15 is 0 Å². The number of aromatic nitrogens is 4. The second kappa shape index (κ2) is 6.26. The summed E-state index contributed by atoms with van der Waals surface area (Å²) in [5, 5.41) is 29.2. The van der Waals surface area contributed by atoms with E-state index in [0.717, 1.165) is 5.56 Å². The van der Waals surface area contributed by atoms with Gasteiger partial charge in [0.05, 0.1) is 18.7 Å². The lowest BCUT2D eigenvalue weighted by molar-refractivity contribution is 0.262. The highest BCUT2D eigenvalue weighted by Crippen LogP contribution is 2.21. The van der Waals surface area contributed by atoms with Gasteiger partial charge in [-0.1, -0.05) is 17.8 Å². The second-order valence-electron chi connectivity index (χ2n) is 3.62. The van der Waals surface area contributed by atoms with Crippen molar-refractivity contribution in [2.45, 2.75) is 17.5 Å².